The predicted octanol–water partition coefficient (Wildman–Crippen LogP) is 2.53. The van der Waals surface area contributed by atoms with E-state index in [1.54, 1.807) is 12.1 Å². The van der Waals surface area contributed by atoms with E-state index in [1.165, 1.54) is 0 Å². The zero-order valence-electron chi connectivity index (χ0n) is 13.4. The van der Waals surface area contributed by atoms with Crippen molar-refractivity contribution in [3.63, 3.8) is 0 Å². The average Bonchev–Trinajstić information content (AvgIpc) is 2.56. The van der Waals surface area contributed by atoms with Gasteiger partial charge in [0.2, 0.25) is 5.91 Å². The van der Waals surface area contributed by atoms with Crippen LogP contribution in [0.1, 0.15) is 24.0 Å². The van der Waals surface area contributed by atoms with Crippen molar-refractivity contribution in [1.82, 2.24) is 9.80 Å². The smallest absolute Gasteiger partial charge is 0.370 e. The van der Waals surface area contributed by atoms with E-state index in [1.807, 2.05) is 4.90 Å². The lowest BCUT2D eigenvalue weighted by atomic mass is 10.0. The Balaban J connectivity index is 1.51. The van der Waals surface area contributed by atoms with Crippen molar-refractivity contribution in [3.8, 4) is 0 Å². The summed E-state index contributed by atoms with van der Waals surface area (Å²) in [6.45, 7) is 3.75. The zero-order chi connectivity index (χ0) is 17.2. The second-order valence-corrected chi connectivity index (χ2v) is 6.34. The molecule has 3 rings (SSSR count). The van der Waals surface area contributed by atoms with Gasteiger partial charge in [0.05, 0.1) is 12.2 Å². The van der Waals surface area contributed by atoms with Crippen LogP contribution in [0.4, 0.5) is 13.2 Å². The van der Waals surface area contributed by atoms with Gasteiger partial charge in [0.15, 0.2) is 0 Å². The number of nitrogens with zero attached hydrogens (tertiary/aromatic N) is 2. The van der Waals surface area contributed by atoms with Gasteiger partial charge in [-0.25, -0.2) is 0 Å². The molecule has 0 N–H and O–H groups in total. The Morgan fingerprint density at radius 3 is 2.33 bits per heavy atom. The number of benzene rings is 1. The molecule has 0 unspecified atom stereocenters. The van der Waals surface area contributed by atoms with E-state index in [-0.39, 0.29) is 18.6 Å². The summed E-state index contributed by atoms with van der Waals surface area (Å²) in [5.41, 5.74) is 0.264. The molecule has 0 aliphatic carbocycles. The number of morpholine rings is 1. The monoisotopic (exact) mass is 342 g/mol. The Kier molecular flexibility index (Phi) is 5.10. The number of piperidine rings is 1. The molecule has 0 bridgehead atoms. The number of halogens is 3. The first-order valence-corrected chi connectivity index (χ1v) is 8.19. The van der Waals surface area contributed by atoms with Crippen molar-refractivity contribution < 1.29 is 22.7 Å². The minimum atomic E-state index is -4.29. The highest BCUT2D eigenvalue weighted by atomic mass is 19.4. The number of hydrogen-bond acceptors (Lipinski definition) is 3. The quantitative estimate of drug-likeness (QED) is 0.846. The number of carbonyl (C=O) groups is 1. The topological polar surface area (TPSA) is 32.8 Å². The summed E-state index contributed by atoms with van der Waals surface area (Å²) in [5, 5.41) is 0. The number of amides is 1. The molecule has 132 valence electrons. The molecule has 2 aliphatic rings. The molecule has 0 saturated carbocycles. The van der Waals surface area contributed by atoms with E-state index in [2.05, 4.69) is 4.90 Å². The normalized spacial score (nSPS) is 21.3. The van der Waals surface area contributed by atoms with Gasteiger partial charge in [-0.05, 0) is 30.5 Å². The fourth-order valence-corrected chi connectivity index (χ4v) is 3.36. The highest BCUT2D eigenvalue weighted by Crippen LogP contribution is 2.29. The molecule has 2 aliphatic heterocycles. The molecule has 2 saturated heterocycles. The lowest BCUT2D eigenvalue weighted by Gasteiger charge is -2.40. The Labute approximate surface area is 139 Å². The minimum Gasteiger partial charge on any atom is -0.370 e. The fourth-order valence-electron chi connectivity index (χ4n) is 3.36. The largest absolute Gasteiger partial charge is 0.416 e. The summed E-state index contributed by atoms with van der Waals surface area (Å²) in [4.78, 5) is 16.0. The molecule has 0 radical (unpaired) electrons. The maximum atomic E-state index is 12.6. The van der Waals surface area contributed by atoms with Gasteiger partial charge >= 0.3 is 6.18 Å². The summed E-state index contributed by atoms with van der Waals surface area (Å²) in [6, 6.07) is 5.61. The second-order valence-electron chi connectivity index (χ2n) is 6.34. The number of likely N-dealkylation sites (tertiary alicyclic amines) is 1. The van der Waals surface area contributed by atoms with E-state index in [0.29, 0.717) is 19.7 Å². The Morgan fingerprint density at radius 1 is 1.08 bits per heavy atom. The number of hydrogen-bond donors (Lipinski definition) is 0. The van der Waals surface area contributed by atoms with Gasteiger partial charge in [-0.1, -0.05) is 12.1 Å². The summed E-state index contributed by atoms with van der Waals surface area (Å²) in [7, 11) is 0. The third-order valence-electron chi connectivity index (χ3n) is 4.71. The lowest BCUT2D eigenvalue weighted by molar-refractivity contribution is -0.146. The summed E-state index contributed by atoms with van der Waals surface area (Å²) in [5.74, 6) is 0.0578. The first kappa shape index (κ1) is 17.2. The summed E-state index contributed by atoms with van der Waals surface area (Å²) < 4.78 is 42.9. The highest BCUT2D eigenvalue weighted by Gasteiger charge is 2.31. The van der Waals surface area contributed by atoms with E-state index in [0.717, 1.165) is 43.6 Å². The lowest BCUT2D eigenvalue weighted by Crippen LogP contribution is -2.51. The predicted molar refractivity (Wildman–Crippen MR) is 82.3 cm³/mol. The molecule has 1 aromatic rings. The Bertz CT molecular complexity index is 566. The first-order valence-electron chi connectivity index (χ1n) is 8.19. The van der Waals surface area contributed by atoms with Crippen LogP contribution >= 0.6 is 0 Å². The van der Waals surface area contributed by atoms with Gasteiger partial charge in [-0.2, -0.15) is 13.2 Å². The average molecular weight is 342 g/mol. The van der Waals surface area contributed by atoms with Crippen molar-refractivity contribution in [2.45, 2.75) is 31.6 Å². The molecule has 2 heterocycles. The van der Waals surface area contributed by atoms with Crippen LogP contribution in [-0.2, 0) is 22.3 Å². The first-order chi connectivity index (χ1) is 11.4. The summed E-state index contributed by atoms with van der Waals surface area (Å²) >= 11 is 0. The van der Waals surface area contributed by atoms with E-state index >= 15 is 0 Å². The van der Waals surface area contributed by atoms with Crippen LogP contribution in [0.2, 0.25) is 0 Å². The van der Waals surface area contributed by atoms with Crippen LogP contribution in [0.5, 0.6) is 0 Å². The van der Waals surface area contributed by atoms with Gasteiger partial charge < -0.3 is 9.64 Å². The third-order valence-corrected chi connectivity index (χ3v) is 4.71. The molecule has 7 heteroatoms. The van der Waals surface area contributed by atoms with Gasteiger partial charge in [0.25, 0.3) is 0 Å². The SMILES string of the molecule is O=C1COCCN1C1CCN(Cc2ccc(C(F)(F)F)cc2)CC1. The van der Waals surface area contributed by atoms with Crippen LogP contribution in [0.25, 0.3) is 0 Å². The Hall–Kier alpha value is -1.60. The van der Waals surface area contributed by atoms with Crippen LogP contribution in [0.15, 0.2) is 24.3 Å². The number of alkyl halides is 3. The van der Waals surface area contributed by atoms with Gasteiger partial charge in [0, 0.05) is 32.2 Å². The molecular weight excluding hydrogens is 321 g/mol. The van der Waals surface area contributed by atoms with Crippen molar-refractivity contribution in [3.05, 3.63) is 35.4 Å². The van der Waals surface area contributed by atoms with Crippen molar-refractivity contribution in [2.24, 2.45) is 0 Å². The molecule has 0 atom stereocenters. The molecule has 1 amide bonds. The van der Waals surface area contributed by atoms with E-state index < -0.39 is 11.7 Å². The highest BCUT2D eigenvalue weighted by molar-refractivity contribution is 5.78. The van der Waals surface area contributed by atoms with Crippen LogP contribution in [-0.4, -0.2) is 54.6 Å². The standard InChI is InChI=1S/C17H21F3N2O2/c18-17(19,20)14-3-1-13(2-4-14)11-21-7-5-15(6-8-21)22-9-10-24-12-16(22)23/h1-4,15H,5-12H2. The number of carbonyl (C=O) groups excluding carboxylic acids is 1. The fraction of sp³-hybridized carbons (Fsp3) is 0.588. The van der Waals surface area contributed by atoms with E-state index in [4.69, 9.17) is 4.74 Å². The van der Waals surface area contributed by atoms with Crippen molar-refractivity contribution in [2.75, 3.05) is 32.8 Å². The minimum absolute atomic E-state index is 0.0578. The molecule has 2 fully saturated rings. The maximum Gasteiger partial charge on any atom is 0.416 e. The molecule has 0 aromatic heterocycles. The van der Waals surface area contributed by atoms with Crippen LogP contribution in [0, 0.1) is 0 Å². The van der Waals surface area contributed by atoms with Gasteiger partial charge in [0.1, 0.15) is 6.61 Å². The summed E-state index contributed by atoms with van der Waals surface area (Å²) in [6.07, 6.45) is -2.50. The molecule has 0 spiro atoms. The maximum absolute atomic E-state index is 12.6. The molecule has 4 nitrogen and oxygen atoms in total. The zero-order valence-corrected chi connectivity index (χ0v) is 13.4. The third kappa shape index (κ3) is 4.08. The van der Waals surface area contributed by atoms with E-state index in [9.17, 15) is 18.0 Å². The van der Waals surface area contributed by atoms with Crippen LogP contribution < -0.4 is 0 Å². The van der Waals surface area contributed by atoms with Crippen molar-refractivity contribution in [1.29, 1.82) is 0 Å². The molecule has 24 heavy (non-hydrogen) atoms. The van der Waals surface area contributed by atoms with Crippen LogP contribution in [0.3, 0.4) is 0 Å². The molecule has 1 aromatic carbocycles. The van der Waals surface area contributed by atoms with Gasteiger partial charge in [-0.3, -0.25) is 9.69 Å². The van der Waals surface area contributed by atoms with Gasteiger partial charge in [-0.15, -0.1) is 0 Å². The second kappa shape index (κ2) is 7.11. The number of rotatable bonds is 3. The number of ether oxygens (including phenoxy) is 1. The Morgan fingerprint density at radius 2 is 1.75 bits per heavy atom. The molecular formula is C17H21F3N2O2. The van der Waals surface area contributed by atoms with Crippen molar-refractivity contribution >= 4 is 5.91 Å².